The lowest BCUT2D eigenvalue weighted by Crippen LogP contribution is -2.69. The summed E-state index contributed by atoms with van der Waals surface area (Å²) in [7, 11) is 3.45. The number of hydrogen-bond acceptors (Lipinski definition) is 5. The highest BCUT2D eigenvalue weighted by Gasteiger charge is 2.69. The number of nitrogens with zero attached hydrogens (tertiary/aromatic N) is 1. The largest absolute Gasteiger partial charge is 0.485 e. The minimum atomic E-state index is -0.920. The molecule has 0 aromatic heterocycles. The zero-order chi connectivity index (χ0) is 23.8. The lowest BCUT2D eigenvalue weighted by Gasteiger charge is -2.59. The summed E-state index contributed by atoms with van der Waals surface area (Å²) < 4.78 is 26.6. The van der Waals surface area contributed by atoms with E-state index < -0.39 is 5.79 Å². The van der Waals surface area contributed by atoms with Crippen molar-refractivity contribution < 1.29 is 18.9 Å². The van der Waals surface area contributed by atoms with Crippen molar-refractivity contribution in [2.75, 3.05) is 27.3 Å². The van der Waals surface area contributed by atoms with Crippen molar-refractivity contribution in [3.8, 4) is 11.5 Å². The summed E-state index contributed by atoms with van der Waals surface area (Å²) in [6.45, 7) is 2.80. The van der Waals surface area contributed by atoms with Crippen LogP contribution in [0.25, 0.3) is 0 Å². The fourth-order valence-electron chi connectivity index (χ4n) is 7.31. The molecule has 4 atom stereocenters. The Labute approximate surface area is 215 Å². The zero-order valence-corrected chi connectivity index (χ0v) is 21.9. The summed E-state index contributed by atoms with van der Waals surface area (Å²) in [6, 6.07) is 12.9. The molecule has 2 bridgehead atoms. The summed E-state index contributed by atoms with van der Waals surface area (Å²) in [6.07, 6.45) is 9.04. The Bertz CT molecular complexity index is 1170. The summed E-state index contributed by atoms with van der Waals surface area (Å²) in [4.78, 5) is 2.76. The van der Waals surface area contributed by atoms with Gasteiger partial charge < -0.3 is 18.9 Å². The van der Waals surface area contributed by atoms with Gasteiger partial charge in [-0.2, -0.15) is 0 Å². The van der Waals surface area contributed by atoms with E-state index in [0.29, 0.717) is 18.6 Å². The van der Waals surface area contributed by atoms with Gasteiger partial charge in [-0.15, -0.1) is 0 Å². The van der Waals surface area contributed by atoms with E-state index >= 15 is 0 Å². The van der Waals surface area contributed by atoms with Gasteiger partial charge in [-0.1, -0.05) is 52.3 Å². The Hall–Kier alpha value is -1.86. The quantitative estimate of drug-likeness (QED) is 0.356. The summed E-state index contributed by atoms with van der Waals surface area (Å²) in [5, 5.41) is 0. The number of rotatable bonds is 7. The summed E-state index contributed by atoms with van der Waals surface area (Å²) in [5.74, 6) is 1.99. The monoisotopic (exact) mass is 537 g/mol. The third-order valence-electron chi connectivity index (χ3n) is 9.14. The van der Waals surface area contributed by atoms with E-state index in [-0.39, 0.29) is 11.5 Å². The van der Waals surface area contributed by atoms with E-state index in [4.69, 9.17) is 18.9 Å². The van der Waals surface area contributed by atoms with Crippen LogP contribution in [0.15, 0.2) is 53.0 Å². The van der Waals surface area contributed by atoms with Crippen molar-refractivity contribution in [1.82, 2.24) is 4.90 Å². The first kappa shape index (κ1) is 22.3. The Balaban J connectivity index is 1.36. The molecule has 3 aliphatic carbocycles. The summed E-state index contributed by atoms with van der Waals surface area (Å²) in [5.41, 5.74) is 3.63. The van der Waals surface area contributed by atoms with Gasteiger partial charge in [0, 0.05) is 42.8 Å². The van der Waals surface area contributed by atoms with Gasteiger partial charge in [0.05, 0.1) is 5.41 Å². The molecule has 2 aromatic rings. The normalized spacial score (nSPS) is 31.7. The second-order valence-electron chi connectivity index (χ2n) is 10.8. The molecule has 1 saturated heterocycles. The minimum Gasteiger partial charge on any atom is -0.485 e. The highest BCUT2D eigenvalue weighted by atomic mass is 79.9. The highest BCUT2D eigenvalue weighted by molar-refractivity contribution is 9.10. The molecule has 2 heterocycles. The zero-order valence-electron chi connectivity index (χ0n) is 20.3. The van der Waals surface area contributed by atoms with Crippen molar-refractivity contribution in [3.63, 3.8) is 0 Å². The third kappa shape index (κ3) is 3.16. The first-order valence-electron chi connectivity index (χ1n) is 12.8. The summed E-state index contributed by atoms with van der Waals surface area (Å²) >= 11 is 3.94. The van der Waals surface area contributed by atoms with Crippen LogP contribution in [0.3, 0.4) is 0 Å². The van der Waals surface area contributed by atoms with Gasteiger partial charge in [0.1, 0.15) is 6.61 Å². The maximum atomic E-state index is 6.91. The van der Waals surface area contributed by atoms with E-state index in [0.717, 1.165) is 46.8 Å². The minimum absolute atomic E-state index is 0.191. The Kier molecular flexibility index (Phi) is 5.15. The number of benzene rings is 2. The van der Waals surface area contributed by atoms with Crippen molar-refractivity contribution in [3.05, 3.63) is 69.7 Å². The number of piperidine rings is 1. The lowest BCUT2D eigenvalue weighted by molar-refractivity contribution is -0.244. The van der Waals surface area contributed by atoms with E-state index in [1.807, 2.05) is 18.2 Å². The van der Waals surface area contributed by atoms with E-state index in [1.54, 1.807) is 14.2 Å². The van der Waals surface area contributed by atoms with Crippen molar-refractivity contribution in [2.24, 2.45) is 11.8 Å². The van der Waals surface area contributed by atoms with Crippen LogP contribution in [0, 0.1) is 11.8 Å². The topological polar surface area (TPSA) is 40.2 Å². The van der Waals surface area contributed by atoms with Gasteiger partial charge in [-0.3, -0.25) is 4.90 Å². The van der Waals surface area contributed by atoms with Gasteiger partial charge in [-0.25, -0.2) is 0 Å². The Morgan fingerprint density at radius 1 is 1.14 bits per heavy atom. The molecule has 2 aliphatic heterocycles. The standard InChI is InChI=1S/C29H32BrNO4/c1-32-29(33-2)11-10-21-23-14-20-22(30)15-24(34-17-19-6-4-3-5-7-19)26-25(20)28(21,27(29)35-26)12-13-31(23)16-18-8-9-18/h3-7,10-11,15,18,21,23,27H,8-9,12-14,16-17H2,1-2H3/t21?,23-,27-,28+/m0/s1. The maximum Gasteiger partial charge on any atom is 0.226 e. The smallest absolute Gasteiger partial charge is 0.226 e. The Morgan fingerprint density at radius 2 is 1.94 bits per heavy atom. The van der Waals surface area contributed by atoms with Gasteiger partial charge in [0.2, 0.25) is 5.79 Å². The highest BCUT2D eigenvalue weighted by Crippen LogP contribution is 2.65. The molecule has 184 valence electrons. The first-order chi connectivity index (χ1) is 17.1. The number of halogens is 1. The molecule has 6 heteroatoms. The van der Waals surface area contributed by atoms with E-state index in [1.165, 1.54) is 30.5 Å². The van der Waals surface area contributed by atoms with Crippen LogP contribution in [0.1, 0.15) is 36.0 Å². The number of likely N-dealkylation sites (tertiary alicyclic amines) is 1. The van der Waals surface area contributed by atoms with Crippen molar-refractivity contribution in [2.45, 2.75) is 55.6 Å². The second-order valence-corrected chi connectivity index (χ2v) is 11.7. The molecule has 2 fully saturated rings. The van der Waals surface area contributed by atoms with Crippen molar-refractivity contribution >= 4 is 15.9 Å². The maximum absolute atomic E-state index is 6.91. The lowest BCUT2D eigenvalue weighted by atomic mass is 9.52. The molecule has 0 amide bonds. The van der Waals surface area contributed by atoms with Crippen LogP contribution in [0.2, 0.25) is 0 Å². The van der Waals surface area contributed by atoms with Crippen LogP contribution in [0.4, 0.5) is 0 Å². The van der Waals surface area contributed by atoms with Gasteiger partial charge in [-0.05, 0) is 61.4 Å². The van der Waals surface area contributed by atoms with Crippen LogP contribution >= 0.6 is 15.9 Å². The predicted molar refractivity (Wildman–Crippen MR) is 137 cm³/mol. The molecule has 1 saturated carbocycles. The Morgan fingerprint density at radius 3 is 2.69 bits per heavy atom. The van der Waals surface area contributed by atoms with Crippen LogP contribution in [0.5, 0.6) is 11.5 Å². The van der Waals surface area contributed by atoms with Crippen LogP contribution in [-0.2, 0) is 27.9 Å². The molecule has 0 N–H and O–H groups in total. The molecular weight excluding hydrogens is 506 g/mol. The molecule has 5 nitrogen and oxygen atoms in total. The van der Waals surface area contributed by atoms with Crippen LogP contribution < -0.4 is 9.47 Å². The number of methoxy groups -OCH3 is 2. The van der Waals surface area contributed by atoms with Gasteiger partial charge in [0.15, 0.2) is 17.6 Å². The predicted octanol–water partition coefficient (Wildman–Crippen LogP) is 5.24. The SMILES string of the molecule is COC1(OC)C=CC2[C@@H]3Cc4c(Br)cc(OCc5ccccc5)c5c4[C@]2(CCN3CC2CC2)[C@@H]1O5. The first-order valence-corrected chi connectivity index (χ1v) is 13.6. The molecule has 2 aromatic carbocycles. The second kappa shape index (κ2) is 8.07. The van der Waals surface area contributed by atoms with Gasteiger partial charge in [0.25, 0.3) is 0 Å². The van der Waals surface area contributed by atoms with E-state index in [2.05, 4.69) is 51.2 Å². The average Bonchev–Trinajstić information content (AvgIpc) is 3.64. The average molecular weight is 538 g/mol. The molecule has 5 aliphatic rings. The number of ether oxygens (including phenoxy) is 4. The van der Waals surface area contributed by atoms with E-state index in [9.17, 15) is 0 Å². The third-order valence-corrected chi connectivity index (χ3v) is 9.85. The molecule has 7 rings (SSSR count). The van der Waals surface area contributed by atoms with Crippen LogP contribution in [-0.4, -0.2) is 50.1 Å². The van der Waals surface area contributed by atoms with Crippen molar-refractivity contribution in [1.29, 1.82) is 0 Å². The molecule has 1 unspecified atom stereocenters. The molecule has 0 radical (unpaired) electrons. The molecule has 1 spiro atoms. The number of hydrogen-bond donors (Lipinski definition) is 0. The fourth-order valence-corrected chi connectivity index (χ4v) is 7.87. The molecular formula is C29H32BrNO4. The fraction of sp³-hybridized carbons (Fsp3) is 0.517. The molecule has 35 heavy (non-hydrogen) atoms. The van der Waals surface area contributed by atoms with Gasteiger partial charge >= 0.3 is 0 Å².